The van der Waals surface area contributed by atoms with E-state index in [4.69, 9.17) is 21.1 Å². The summed E-state index contributed by atoms with van der Waals surface area (Å²) in [4.78, 5) is 39.4. The summed E-state index contributed by atoms with van der Waals surface area (Å²) in [7, 11) is 1.44. The van der Waals surface area contributed by atoms with E-state index in [0.29, 0.717) is 27.8 Å². The van der Waals surface area contributed by atoms with Crippen molar-refractivity contribution in [1.29, 1.82) is 0 Å². The van der Waals surface area contributed by atoms with E-state index in [1.165, 1.54) is 25.0 Å². The summed E-state index contributed by atoms with van der Waals surface area (Å²) in [6.07, 6.45) is 0. The van der Waals surface area contributed by atoms with Crippen molar-refractivity contribution < 1.29 is 29.0 Å². The van der Waals surface area contributed by atoms with Crippen LogP contribution in [0.3, 0.4) is 0 Å². The highest BCUT2D eigenvalue weighted by molar-refractivity contribution is 6.51. The number of carbonyl (C=O) groups is 3. The van der Waals surface area contributed by atoms with Crippen LogP contribution in [-0.4, -0.2) is 29.9 Å². The first-order valence-corrected chi connectivity index (χ1v) is 11.5. The van der Waals surface area contributed by atoms with Crippen LogP contribution < -0.4 is 14.4 Å². The maximum absolute atomic E-state index is 13.4. The number of aliphatic hydroxyl groups is 1. The van der Waals surface area contributed by atoms with E-state index in [0.717, 1.165) is 11.1 Å². The third kappa shape index (κ3) is 4.70. The van der Waals surface area contributed by atoms with Gasteiger partial charge in [0, 0.05) is 18.2 Å². The molecule has 0 aromatic heterocycles. The van der Waals surface area contributed by atoms with Gasteiger partial charge in [-0.15, -0.1) is 0 Å². The van der Waals surface area contributed by atoms with Crippen molar-refractivity contribution >= 4 is 40.7 Å². The molecule has 1 aliphatic rings. The molecule has 1 aliphatic heterocycles. The summed E-state index contributed by atoms with van der Waals surface area (Å²) in [5, 5.41) is 11.6. The lowest BCUT2D eigenvalue weighted by atomic mass is 9.94. The molecule has 1 unspecified atom stereocenters. The third-order valence-corrected chi connectivity index (χ3v) is 6.12. The SMILES string of the molecule is COc1cc(/C(O)=C2/C(=O)C(=O)N(c3cc(C)cc(C)c3)C2c2ccc(OC(C)=O)cc2)ccc1Cl. The molecule has 1 fully saturated rings. The van der Waals surface area contributed by atoms with Gasteiger partial charge in [-0.3, -0.25) is 19.3 Å². The van der Waals surface area contributed by atoms with Gasteiger partial charge in [-0.1, -0.05) is 29.8 Å². The summed E-state index contributed by atoms with van der Waals surface area (Å²) in [5.74, 6) is -1.79. The molecule has 0 saturated carbocycles. The van der Waals surface area contributed by atoms with Crippen LogP contribution in [0.1, 0.15) is 35.2 Å². The van der Waals surface area contributed by atoms with E-state index in [1.54, 1.807) is 36.4 Å². The minimum atomic E-state index is -0.931. The number of carbonyl (C=O) groups excluding carboxylic acids is 3. The highest BCUT2D eigenvalue weighted by atomic mass is 35.5. The molecule has 184 valence electrons. The molecule has 3 aromatic rings. The van der Waals surface area contributed by atoms with Crippen molar-refractivity contribution in [2.24, 2.45) is 0 Å². The number of halogens is 1. The van der Waals surface area contributed by atoms with Gasteiger partial charge < -0.3 is 14.6 Å². The zero-order chi connectivity index (χ0) is 26.1. The van der Waals surface area contributed by atoms with Gasteiger partial charge in [0.25, 0.3) is 11.7 Å². The Kier molecular flexibility index (Phi) is 6.86. The van der Waals surface area contributed by atoms with Gasteiger partial charge in [0.2, 0.25) is 0 Å². The Balaban J connectivity index is 1.93. The Bertz CT molecular complexity index is 1390. The lowest BCUT2D eigenvalue weighted by Crippen LogP contribution is -2.29. The van der Waals surface area contributed by atoms with Crippen LogP contribution in [0, 0.1) is 13.8 Å². The number of rotatable bonds is 5. The predicted octanol–water partition coefficient (Wildman–Crippen LogP) is 5.52. The molecule has 1 heterocycles. The Morgan fingerprint density at radius 3 is 2.19 bits per heavy atom. The number of aryl methyl sites for hydroxylation is 2. The summed E-state index contributed by atoms with van der Waals surface area (Å²) in [6.45, 7) is 5.09. The molecule has 4 rings (SSSR count). The van der Waals surface area contributed by atoms with E-state index in [9.17, 15) is 19.5 Å². The Morgan fingerprint density at radius 2 is 1.61 bits per heavy atom. The molecule has 0 aliphatic carbocycles. The zero-order valence-corrected chi connectivity index (χ0v) is 20.9. The average molecular weight is 506 g/mol. The number of nitrogens with zero attached hydrogens (tertiary/aromatic N) is 1. The van der Waals surface area contributed by atoms with Gasteiger partial charge >= 0.3 is 5.97 Å². The standard InChI is InChI=1S/C28H24ClNO6/c1-15-11-16(2)13-20(12-15)30-25(18-5-8-21(9-6-18)36-17(3)31)24(27(33)28(30)34)26(32)19-7-10-22(29)23(14-19)35-4/h5-14,25,32H,1-4H3/b26-24-. The molecule has 3 aromatic carbocycles. The number of hydrogen-bond donors (Lipinski definition) is 1. The van der Waals surface area contributed by atoms with E-state index in [-0.39, 0.29) is 16.9 Å². The first-order valence-electron chi connectivity index (χ1n) is 11.1. The number of methoxy groups -OCH3 is 1. The molecule has 36 heavy (non-hydrogen) atoms. The number of ether oxygens (including phenoxy) is 2. The Hall–Kier alpha value is -4.10. The smallest absolute Gasteiger partial charge is 0.308 e. The molecule has 8 heteroatoms. The molecule has 1 amide bonds. The fraction of sp³-hybridized carbons (Fsp3) is 0.179. The quantitative estimate of drug-likeness (QED) is 0.161. The van der Waals surface area contributed by atoms with E-state index in [1.807, 2.05) is 32.0 Å². The summed E-state index contributed by atoms with van der Waals surface area (Å²) < 4.78 is 10.4. The number of ketones is 1. The van der Waals surface area contributed by atoms with Crippen molar-refractivity contribution in [3.63, 3.8) is 0 Å². The molecule has 1 atom stereocenters. The van der Waals surface area contributed by atoms with E-state index < -0.39 is 23.7 Å². The maximum atomic E-state index is 13.4. The van der Waals surface area contributed by atoms with Crippen molar-refractivity contribution in [3.8, 4) is 11.5 Å². The lowest BCUT2D eigenvalue weighted by molar-refractivity contribution is -0.132. The highest BCUT2D eigenvalue weighted by Crippen LogP contribution is 2.43. The van der Waals surface area contributed by atoms with Gasteiger partial charge in [-0.25, -0.2) is 0 Å². The number of aliphatic hydroxyl groups excluding tert-OH is 1. The second kappa shape index (κ2) is 9.87. The van der Waals surface area contributed by atoms with Crippen molar-refractivity contribution in [2.75, 3.05) is 12.0 Å². The molecular formula is C28H24ClNO6. The van der Waals surface area contributed by atoms with Gasteiger partial charge in [0.15, 0.2) is 0 Å². The van der Waals surface area contributed by atoms with Crippen LogP contribution >= 0.6 is 11.6 Å². The topological polar surface area (TPSA) is 93.1 Å². The van der Waals surface area contributed by atoms with Crippen molar-refractivity contribution in [1.82, 2.24) is 0 Å². The van der Waals surface area contributed by atoms with Gasteiger partial charge in [-0.2, -0.15) is 0 Å². The summed E-state index contributed by atoms with van der Waals surface area (Å²) in [5.41, 5.74) is 3.10. The monoisotopic (exact) mass is 505 g/mol. The molecule has 0 bridgehead atoms. The van der Waals surface area contributed by atoms with Crippen LogP contribution in [0.5, 0.6) is 11.5 Å². The maximum Gasteiger partial charge on any atom is 0.308 e. The average Bonchev–Trinajstić information content (AvgIpc) is 3.09. The van der Waals surface area contributed by atoms with E-state index in [2.05, 4.69) is 0 Å². The first-order chi connectivity index (χ1) is 17.1. The number of benzene rings is 3. The first kappa shape index (κ1) is 25.0. The van der Waals surface area contributed by atoms with Crippen LogP contribution in [-0.2, 0) is 14.4 Å². The number of anilines is 1. The zero-order valence-electron chi connectivity index (χ0n) is 20.2. The highest BCUT2D eigenvalue weighted by Gasteiger charge is 2.47. The molecule has 1 N–H and O–H groups in total. The van der Waals surface area contributed by atoms with Crippen LogP contribution in [0.4, 0.5) is 5.69 Å². The molecular weight excluding hydrogens is 482 g/mol. The largest absolute Gasteiger partial charge is 0.507 e. The van der Waals surface area contributed by atoms with Gasteiger partial charge in [0.05, 0.1) is 23.7 Å². The lowest BCUT2D eigenvalue weighted by Gasteiger charge is -2.26. The fourth-order valence-corrected chi connectivity index (χ4v) is 4.55. The molecule has 0 radical (unpaired) electrons. The van der Waals surface area contributed by atoms with Crippen LogP contribution in [0.15, 0.2) is 66.2 Å². The predicted molar refractivity (Wildman–Crippen MR) is 136 cm³/mol. The van der Waals surface area contributed by atoms with Crippen molar-refractivity contribution in [3.05, 3.63) is 93.5 Å². The second-order valence-corrected chi connectivity index (χ2v) is 8.93. The van der Waals surface area contributed by atoms with Crippen LogP contribution in [0.2, 0.25) is 5.02 Å². The molecule has 7 nitrogen and oxygen atoms in total. The summed E-state index contributed by atoms with van der Waals surface area (Å²) in [6, 6.07) is 15.7. The third-order valence-electron chi connectivity index (χ3n) is 5.81. The Labute approximate surface area is 213 Å². The van der Waals surface area contributed by atoms with Gasteiger partial charge in [-0.05, 0) is 73.0 Å². The van der Waals surface area contributed by atoms with Gasteiger partial charge in [0.1, 0.15) is 17.3 Å². The minimum Gasteiger partial charge on any atom is -0.507 e. The minimum absolute atomic E-state index is 0.0798. The van der Waals surface area contributed by atoms with E-state index >= 15 is 0 Å². The van der Waals surface area contributed by atoms with Crippen LogP contribution in [0.25, 0.3) is 5.76 Å². The number of hydrogen-bond acceptors (Lipinski definition) is 6. The molecule has 0 spiro atoms. The number of amides is 1. The van der Waals surface area contributed by atoms with Crippen molar-refractivity contribution in [2.45, 2.75) is 26.8 Å². The fourth-order valence-electron chi connectivity index (χ4n) is 4.35. The number of esters is 1. The Morgan fingerprint density at radius 1 is 0.972 bits per heavy atom. The normalized spacial score (nSPS) is 16.8. The number of Topliss-reactive ketones (excluding diaryl/α,β-unsaturated/α-hetero) is 1. The second-order valence-electron chi connectivity index (χ2n) is 8.53. The summed E-state index contributed by atoms with van der Waals surface area (Å²) >= 11 is 6.13. The molecule has 1 saturated heterocycles.